The molecule has 2 aliphatic heterocycles. The number of carbonyl (C=O) groups is 2. The Morgan fingerprint density at radius 1 is 1.33 bits per heavy atom. The average molecular weight is 369 g/mol. The average Bonchev–Trinajstić information content (AvgIpc) is 3.25. The van der Waals surface area contributed by atoms with Crippen LogP contribution in [0.3, 0.4) is 0 Å². The molecule has 0 aliphatic carbocycles. The predicted octanol–water partition coefficient (Wildman–Crippen LogP) is 3.66. The van der Waals surface area contributed by atoms with Crippen LogP contribution in [-0.2, 0) is 19.1 Å². The molecule has 0 spiro atoms. The Bertz CT molecular complexity index is 783. The monoisotopic (exact) mass is 369 g/mol. The number of carbonyl (C=O) groups excluding carboxylic acids is 2. The lowest BCUT2D eigenvalue weighted by molar-refractivity contribution is -0.136. The molecular weight excluding hydrogens is 342 g/mol. The van der Waals surface area contributed by atoms with Crippen LogP contribution in [0.15, 0.2) is 41.1 Å². The number of hydrogen-bond donors (Lipinski definition) is 0. The van der Waals surface area contributed by atoms with Gasteiger partial charge in [-0.2, -0.15) is 0 Å². The molecule has 0 unspecified atom stereocenters. The Hall–Kier alpha value is -2.40. The van der Waals surface area contributed by atoms with Gasteiger partial charge in [0.1, 0.15) is 0 Å². The molecule has 5 heteroatoms. The summed E-state index contributed by atoms with van der Waals surface area (Å²) in [6.07, 6.45) is 3.73. The van der Waals surface area contributed by atoms with E-state index in [0.29, 0.717) is 29.3 Å². The van der Waals surface area contributed by atoms with Crippen molar-refractivity contribution in [2.24, 2.45) is 0 Å². The van der Waals surface area contributed by atoms with Gasteiger partial charge in [-0.05, 0) is 42.9 Å². The van der Waals surface area contributed by atoms with Gasteiger partial charge in [0.25, 0.3) is 5.91 Å². The summed E-state index contributed by atoms with van der Waals surface area (Å²) in [6, 6.07) is 8.05. The summed E-state index contributed by atoms with van der Waals surface area (Å²) in [7, 11) is 1.34. The van der Waals surface area contributed by atoms with Crippen LogP contribution >= 0.6 is 0 Å². The molecule has 1 saturated heterocycles. The second-order valence-corrected chi connectivity index (χ2v) is 7.38. The molecule has 1 amide bonds. The molecule has 1 atom stereocenters. The van der Waals surface area contributed by atoms with Crippen LogP contribution in [0.25, 0.3) is 6.08 Å². The van der Waals surface area contributed by atoms with E-state index in [1.165, 1.54) is 12.7 Å². The largest absolute Gasteiger partial charge is 0.465 e. The lowest BCUT2D eigenvalue weighted by atomic mass is 9.99. The van der Waals surface area contributed by atoms with Gasteiger partial charge in [-0.15, -0.1) is 0 Å². The molecule has 0 radical (unpaired) electrons. The molecule has 0 saturated carbocycles. The van der Waals surface area contributed by atoms with Crippen LogP contribution in [0, 0.1) is 0 Å². The molecule has 5 nitrogen and oxygen atoms in total. The molecule has 1 fully saturated rings. The van der Waals surface area contributed by atoms with E-state index in [-0.39, 0.29) is 12.0 Å². The van der Waals surface area contributed by atoms with Crippen LogP contribution in [0.4, 0.5) is 0 Å². The van der Waals surface area contributed by atoms with Crippen molar-refractivity contribution in [2.75, 3.05) is 20.3 Å². The van der Waals surface area contributed by atoms with Crippen molar-refractivity contribution in [2.45, 2.75) is 45.6 Å². The zero-order valence-electron chi connectivity index (χ0n) is 16.5. The summed E-state index contributed by atoms with van der Waals surface area (Å²) in [5.74, 6) is -0.216. The number of benzene rings is 1. The first-order valence-corrected chi connectivity index (χ1v) is 9.47. The summed E-state index contributed by atoms with van der Waals surface area (Å²) >= 11 is 0. The van der Waals surface area contributed by atoms with Crippen molar-refractivity contribution in [3.63, 3.8) is 0 Å². The highest BCUT2D eigenvalue weighted by Gasteiger charge is 2.38. The Kier molecular flexibility index (Phi) is 5.80. The molecule has 1 aromatic carbocycles. The van der Waals surface area contributed by atoms with Gasteiger partial charge in [0.2, 0.25) is 0 Å². The van der Waals surface area contributed by atoms with Crippen LogP contribution in [0.5, 0.6) is 0 Å². The molecule has 2 heterocycles. The Morgan fingerprint density at radius 3 is 2.59 bits per heavy atom. The van der Waals surface area contributed by atoms with E-state index in [2.05, 4.69) is 26.0 Å². The van der Waals surface area contributed by atoms with E-state index >= 15 is 0 Å². The van der Waals surface area contributed by atoms with Gasteiger partial charge in [0.15, 0.2) is 0 Å². The summed E-state index contributed by atoms with van der Waals surface area (Å²) in [4.78, 5) is 27.1. The number of nitrogens with zero attached hydrogens (tertiary/aromatic N) is 1. The van der Waals surface area contributed by atoms with Gasteiger partial charge in [0, 0.05) is 12.3 Å². The number of allylic oxidation sites excluding steroid dienone is 1. The maximum Gasteiger partial charge on any atom is 0.340 e. The number of hydrogen-bond acceptors (Lipinski definition) is 4. The molecule has 3 rings (SSSR count). The first-order chi connectivity index (χ1) is 12.9. The van der Waals surface area contributed by atoms with Crippen molar-refractivity contribution in [1.82, 2.24) is 4.90 Å². The number of amides is 1. The highest BCUT2D eigenvalue weighted by Crippen LogP contribution is 2.33. The van der Waals surface area contributed by atoms with E-state index in [1.54, 1.807) is 17.9 Å². The zero-order valence-corrected chi connectivity index (χ0v) is 16.5. The summed E-state index contributed by atoms with van der Waals surface area (Å²) in [6.45, 7) is 7.26. The van der Waals surface area contributed by atoms with Crippen molar-refractivity contribution < 1.29 is 19.1 Å². The van der Waals surface area contributed by atoms with Gasteiger partial charge < -0.3 is 14.4 Å². The lowest BCUT2D eigenvalue weighted by Gasteiger charge is -2.21. The topological polar surface area (TPSA) is 55.8 Å². The van der Waals surface area contributed by atoms with Gasteiger partial charge >= 0.3 is 5.97 Å². The molecule has 0 bridgehead atoms. The van der Waals surface area contributed by atoms with E-state index in [0.717, 1.165) is 25.0 Å². The highest BCUT2D eigenvalue weighted by molar-refractivity contribution is 6.16. The number of esters is 1. The molecule has 1 aromatic rings. The van der Waals surface area contributed by atoms with Gasteiger partial charge in [0.05, 0.1) is 30.9 Å². The van der Waals surface area contributed by atoms with Gasteiger partial charge in [-0.25, -0.2) is 4.79 Å². The Balaban J connectivity index is 1.94. The standard InChI is InChI=1S/C22H27NO4/c1-14(2)17-9-7-16(8-10-17)12-19-20(22(25)26-4)15(3)23(21(19)24)13-18-6-5-11-27-18/h7-10,12,14,18H,5-6,11,13H2,1-4H3/b19-12-/t18-/m1/s1. The normalized spacial score (nSPS) is 21.7. The minimum Gasteiger partial charge on any atom is -0.465 e. The third kappa shape index (κ3) is 3.98. The molecule has 0 N–H and O–H groups in total. The fourth-order valence-corrected chi connectivity index (χ4v) is 3.58. The maximum atomic E-state index is 13.1. The second kappa shape index (κ2) is 8.09. The Morgan fingerprint density at radius 2 is 2.04 bits per heavy atom. The lowest BCUT2D eigenvalue weighted by Crippen LogP contribution is -2.33. The summed E-state index contributed by atoms with van der Waals surface area (Å²) in [5.41, 5.74) is 3.47. The molecule has 0 aromatic heterocycles. The quantitative estimate of drug-likeness (QED) is 0.587. The molecule has 27 heavy (non-hydrogen) atoms. The van der Waals surface area contributed by atoms with E-state index in [1.807, 2.05) is 12.1 Å². The van der Waals surface area contributed by atoms with E-state index < -0.39 is 5.97 Å². The third-order valence-corrected chi connectivity index (χ3v) is 5.23. The minimum absolute atomic E-state index is 0.0208. The fraction of sp³-hybridized carbons (Fsp3) is 0.455. The van der Waals surface area contributed by atoms with Crippen LogP contribution in [0.1, 0.15) is 50.7 Å². The van der Waals surface area contributed by atoms with Gasteiger partial charge in [-0.1, -0.05) is 38.1 Å². The van der Waals surface area contributed by atoms with Crippen LogP contribution < -0.4 is 0 Å². The third-order valence-electron chi connectivity index (χ3n) is 5.23. The number of ether oxygens (including phenoxy) is 2. The molecular formula is C22H27NO4. The minimum atomic E-state index is -0.485. The molecule has 2 aliphatic rings. The first-order valence-electron chi connectivity index (χ1n) is 9.47. The first kappa shape index (κ1) is 19.4. The van der Waals surface area contributed by atoms with Crippen molar-refractivity contribution in [1.29, 1.82) is 0 Å². The Labute approximate surface area is 160 Å². The zero-order chi connectivity index (χ0) is 19.6. The van der Waals surface area contributed by atoms with Crippen LogP contribution in [-0.4, -0.2) is 43.1 Å². The fourth-order valence-electron chi connectivity index (χ4n) is 3.58. The van der Waals surface area contributed by atoms with Crippen molar-refractivity contribution >= 4 is 18.0 Å². The maximum absolute atomic E-state index is 13.1. The number of methoxy groups -OCH3 is 1. The molecule has 144 valence electrons. The highest BCUT2D eigenvalue weighted by atomic mass is 16.5. The van der Waals surface area contributed by atoms with Crippen LogP contribution in [0.2, 0.25) is 0 Å². The SMILES string of the molecule is COC(=O)C1=C(C)N(C[C@H]2CCCO2)C(=O)/C1=C\c1ccc(C(C)C)cc1. The smallest absolute Gasteiger partial charge is 0.340 e. The van der Waals surface area contributed by atoms with Crippen molar-refractivity contribution in [3.05, 3.63) is 52.2 Å². The second-order valence-electron chi connectivity index (χ2n) is 7.38. The van der Waals surface area contributed by atoms with Crippen molar-refractivity contribution in [3.8, 4) is 0 Å². The van der Waals surface area contributed by atoms with E-state index in [9.17, 15) is 9.59 Å². The summed E-state index contributed by atoms with van der Waals surface area (Å²) < 4.78 is 10.6. The van der Waals surface area contributed by atoms with Gasteiger partial charge in [-0.3, -0.25) is 4.79 Å². The van der Waals surface area contributed by atoms with E-state index in [4.69, 9.17) is 9.47 Å². The number of rotatable bonds is 5. The predicted molar refractivity (Wildman–Crippen MR) is 104 cm³/mol. The summed E-state index contributed by atoms with van der Waals surface area (Å²) in [5, 5.41) is 0.